The molecule has 1 N–H and O–H groups in total. The highest BCUT2D eigenvalue weighted by atomic mass is 16.5. The molecule has 2 fully saturated rings. The van der Waals surface area contributed by atoms with Gasteiger partial charge in [0.05, 0.1) is 5.92 Å². The molecule has 2 aliphatic carbocycles. The van der Waals surface area contributed by atoms with Crippen LogP contribution in [0.5, 0.6) is 0 Å². The minimum Gasteiger partial charge on any atom is -0.455 e. The van der Waals surface area contributed by atoms with E-state index >= 15 is 0 Å². The molecule has 2 bridgehead atoms. The van der Waals surface area contributed by atoms with Gasteiger partial charge < -0.3 is 10.1 Å². The highest BCUT2D eigenvalue weighted by Crippen LogP contribution is 2.53. The molecule has 1 amide bonds. The van der Waals surface area contributed by atoms with Crippen molar-refractivity contribution in [3.8, 4) is 0 Å². The first-order chi connectivity index (χ1) is 15.6. The summed E-state index contributed by atoms with van der Waals surface area (Å²) in [5.41, 5.74) is 1.32. The molecule has 0 saturated heterocycles. The number of benzene rings is 3. The topological polar surface area (TPSA) is 72.5 Å². The zero-order valence-corrected chi connectivity index (χ0v) is 17.7. The van der Waals surface area contributed by atoms with E-state index in [9.17, 15) is 14.4 Å². The van der Waals surface area contributed by atoms with Crippen LogP contribution in [0.1, 0.15) is 29.6 Å². The fourth-order valence-corrected chi connectivity index (χ4v) is 5.56. The molecule has 0 aliphatic heterocycles. The number of carbonyl (C=O) groups excluding carboxylic acids is 3. The predicted octanol–water partition coefficient (Wildman–Crippen LogP) is 4.87. The van der Waals surface area contributed by atoms with Crippen LogP contribution in [0.25, 0.3) is 10.8 Å². The molecule has 5 nitrogen and oxygen atoms in total. The lowest BCUT2D eigenvalue weighted by Crippen LogP contribution is -2.37. The zero-order chi connectivity index (χ0) is 22.1. The first-order valence-corrected chi connectivity index (χ1v) is 11.2. The minimum absolute atomic E-state index is 0.0138. The standard InChI is InChI=1S/C27H25NO4/c29-23(28-22-12-6-10-17-7-4-5-11-21(17)22)16-32-27(31)25-20-14-13-19(15-20)24(25)26(30)18-8-2-1-3-9-18/h1-12,19-20,24-25H,13-16H2,(H,28,29)/t19-,20-,24-,25-/m0/s1. The van der Waals surface area contributed by atoms with E-state index in [1.165, 1.54) is 0 Å². The molecule has 3 aromatic rings. The molecule has 162 valence electrons. The van der Waals surface area contributed by atoms with Gasteiger partial charge in [0.2, 0.25) is 0 Å². The van der Waals surface area contributed by atoms with Crippen molar-refractivity contribution < 1.29 is 19.1 Å². The van der Waals surface area contributed by atoms with E-state index in [2.05, 4.69) is 5.32 Å². The van der Waals surface area contributed by atoms with Crippen LogP contribution in [0.15, 0.2) is 72.8 Å². The number of fused-ring (bicyclic) bond motifs is 3. The van der Waals surface area contributed by atoms with Gasteiger partial charge in [0.15, 0.2) is 12.4 Å². The number of nitrogens with one attached hydrogen (secondary N) is 1. The van der Waals surface area contributed by atoms with Gasteiger partial charge >= 0.3 is 5.97 Å². The number of carbonyl (C=O) groups is 3. The molecule has 2 aliphatic rings. The fourth-order valence-electron chi connectivity index (χ4n) is 5.56. The lowest BCUT2D eigenvalue weighted by Gasteiger charge is -2.28. The first-order valence-electron chi connectivity index (χ1n) is 11.2. The van der Waals surface area contributed by atoms with E-state index in [1.54, 1.807) is 12.1 Å². The van der Waals surface area contributed by atoms with Crippen LogP contribution in [0, 0.1) is 23.7 Å². The number of anilines is 1. The number of Topliss-reactive ketones (excluding diaryl/α,β-unsaturated/α-hetero) is 1. The summed E-state index contributed by atoms with van der Waals surface area (Å²) in [5, 5.41) is 4.79. The Morgan fingerprint density at radius 3 is 2.31 bits per heavy atom. The summed E-state index contributed by atoms with van der Waals surface area (Å²) >= 11 is 0. The average molecular weight is 428 g/mol. The van der Waals surface area contributed by atoms with Crippen molar-refractivity contribution in [2.24, 2.45) is 23.7 Å². The van der Waals surface area contributed by atoms with E-state index in [0.717, 1.165) is 30.0 Å². The normalized spacial score (nSPS) is 23.8. The van der Waals surface area contributed by atoms with Crippen LogP contribution >= 0.6 is 0 Å². The smallest absolute Gasteiger partial charge is 0.310 e. The van der Waals surface area contributed by atoms with Crippen LogP contribution in [-0.4, -0.2) is 24.3 Å². The minimum atomic E-state index is -0.466. The highest BCUT2D eigenvalue weighted by Gasteiger charge is 2.54. The second-order valence-corrected chi connectivity index (χ2v) is 8.80. The Kier molecular flexibility index (Phi) is 5.48. The van der Waals surface area contributed by atoms with Gasteiger partial charge in [0.25, 0.3) is 5.91 Å². The third-order valence-electron chi connectivity index (χ3n) is 6.96. The first kappa shape index (κ1) is 20.4. The van der Waals surface area contributed by atoms with Crippen molar-refractivity contribution in [1.29, 1.82) is 0 Å². The van der Waals surface area contributed by atoms with E-state index in [0.29, 0.717) is 11.3 Å². The van der Waals surface area contributed by atoms with E-state index < -0.39 is 11.9 Å². The number of rotatable bonds is 6. The van der Waals surface area contributed by atoms with Crippen molar-refractivity contribution in [1.82, 2.24) is 0 Å². The van der Waals surface area contributed by atoms with Crippen LogP contribution in [0.4, 0.5) is 5.69 Å². The monoisotopic (exact) mass is 427 g/mol. The molecule has 32 heavy (non-hydrogen) atoms. The van der Waals surface area contributed by atoms with Gasteiger partial charge in [0.1, 0.15) is 0 Å². The summed E-state index contributed by atoms with van der Waals surface area (Å²) in [6, 6.07) is 22.6. The van der Waals surface area contributed by atoms with Gasteiger partial charge in [-0.3, -0.25) is 14.4 Å². The average Bonchev–Trinajstić information content (AvgIpc) is 3.45. The molecule has 0 heterocycles. The lowest BCUT2D eigenvalue weighted by molar-refractivity contribution is -0.154. The molecule has 4 atom stereocenters. The second kappa shape index (κ2) is 8.58. The Morgan fingerprint density at radius 1 is 0.812 bits per heavy atom. The van der Waals surface area contributed by atoms with Gasteiger partial charge in [-0.1, -0.05) is 66.7 Å². The maximum absolute atomic E-state index is 13.2. The molecule has 2 saturated carbocycles. The number of hydrogen-bond donors (Lipinski definition) is 1. The Hall–Kier alpha value is -3.47. The number of esters is 1. The van der Waals surface area contributed by atoms with Crippen molar-refractivity contribution in [3.63, 3.8) is 0 Å². The summed E-state index contributed by atoms with van der Waals surface area (Å²) in [6.07, 6.45) is 2.79. The van der Waals surface area contributed by atoms with Crippen molar-refractivity contribution in [3.05, 3.63) is 78.4 Å². The van der Waals surface area contributed by atoms with Crippen molar-refractivity contribution in [2.45, 2.75) is 19.3 Å². The maximum atomic E-state index is 13.2. The predicted molar refractivity (Wildman–Crippen MR) is 122 cm³/mol. The zero-order valence-electron chi connectivity index (χ0n) is 17.7. The van der Waals surface area contributed by atoms with Crippen LogP contribution < -0.4 is 5.32 Å². The molecule has 0 radical (unpaired) electrons. The second-order valence-electron chi connectivity index (χ2n) is 8.80. The third-order valence-corrected chi connectivity index (χ3v) is 6.96. The Morgan fingerprint density at radius 2 is 1.50 bits per heavy atom. The Bertz CT molecular complexity index is 1170. The van der Waals surface area contributed by atoms with E-state index in [-0.39, 0.29) is 36.1 Å². The maximum Gasteiger partial charge on any atom is 0.310 e. The number of ketones is 1. The molecular weight excluding hydrogens is 402 g/mol. The molecule has 0 aromatic heterocycles. The number of ether oxygens (including phenoxy) is 1. The number of amides is 1. The molecule has 0 unspecified atom stereocenters. The largest absolute Gasteiger partial charge is 0.455 e. The van der Waals surface area contributed by atoms with Gasteiger partial charge in [-0.15, -0.1) is 0 Å². The summed E-state index contributed by atoms with van der Waals surface area (Å²) in [4.78, 5) is 38.7. The summed E-state index contributed by atoms with van der Waals surface area (Å²) in [5.74, 6) is -1.25. The molecular formula is C27H25NO4. The summed E-state index contributed by atoms with van der Waals surface area (Å²) in [6.45, 7) is -0.359. The Balaban J connectivity index is 1.26. The molecule has 0 spiro atoms. The lowest BCUT2D eigenvalue weighted by atomic mass is 9.75. The number of hydrogen-bond acceptors (Lipinski definition) is 4. The summed E-state index contributed by atoms with van der Waals surface area (Å²) in [7, 11) is 0. The highest BCUT2D eigenvalue weighted by molar-refractivity contribution is 6.03. The molecule has 5 rings (SSSR count). The third kappa shape index (κ3) is 3.79. The van der Waals surface area contributed by atoms with Gasteiger partial charge in [-0.25, -0.2) is 0 Å². The van der Waals surface area contributed by atoms with Crippen LogP contribution in [0.2, 0.25) is 0 Å². The SMILES string of the molecule is O=C(COC(=O)[C@H]1[C@H]2CC[C@@H](C2)[C@@H]1C(=O)c1ccccc1)Nc1cccc2ccccc12. The van der Waals surface area contributed by atoms with Crippen LogP contribution in [0.3, 0.4) is 0 Å². The van der Waals surface area contributed by atoms with Gasteiger partial charge in [0, 0.05) is 22.6 Å². The van der Waals surface area contributed by atoms with Gasteiger partial charge in [-0.2, -0.15) is 0 Å². The molecule has 5 heteroatoms. The summed E-state index contributed by atoms with van der Waals surface area (Å²) < 4.78 is 5.44. The fraction of sp³-hybridized carbons (Fsp3) is 0.296. The quantitative estimate of drug-likeness (QED) is 0.450. The van der Waals surface area contributed by atoms with Crippen molar-refractivity contribution in [2.75, 3.05) is 11.9 Å². The van der Waals surface area contributed by atoms with Gasteiger partial charge in [-0.05, 0) is 42.6 Å². The molecule has 3 aromatic carbocycles. The van der Waals surface area contributed by atoms with Crippen LogP contribution in [-0.2, 0) is 14.3 Å². The van der Waals surface area contributed by atoms with E-state index in [4.69, 9.17) is 4.74 Å². The Labute approximate surface area is 186 Å². The van der Waals surface area contributed by atoms with E-state index in [1.807, 2.05) is 60.7 Å². The van der Waals surface area contributed by atoms with Crippen molar-refractivity contribution >= 4 is 34.1 Å².